The molecule has 4 aromatic carbocycles. The maximum absolute atomic E-state index is 13.8. The summed E-state index contributed by atoms with van der Waals surface area (Å²) in [4.78, 5) is 15.7. The summed E-state index contributed by atoms with van der Waals surface area (Å²) >= 11 is 0. The Morgan fingerprint density at radius 3 is 1.79 bits per heavy atom. The van der Waals surface area contributed by atoms with Crippen LogP contribution in [0.2, 0.25) is 0 Å². The zero-order chi connectivity index (χ0) is 23.8. The van der Waals surface area contributed by atoms with Gasteiger partial charge in [-0.25, -0.2) is 4.79 Å². The monoisotopic (exact) mass is 446 g/mol. The standard InChI is InChI=1S/C31H30N2O/c1-24-18-20-29(21-19-24)32-31(34)33(23-25(2)22-26-12-6-3-7-13-26)30(27-14-8-4-9-15-27)28-16-10-5-11-17-28/h3-22,30H,23H2,1-2H3,(H,32,34). The third-order valence-corrected chi connectivity index (χ3v) is 5.74. The number of anilines is 1. The average molecular weight is 447 g/mol. The molecule has 34 heavy (non-hydrogen) atoms. The van der Waals surface area contributed by atoms with Crippen LogP contribution in [0.25, 0.3) is 6.08 Å². The van der Waals surface area contributed by atoms with E-state index in [0.717, 1.165) is 33.5 Å². The lowest BCUT2D eigenvalue weighted by atomic mass is 9.96. The molecule has 170 valence electrons. The fourth-order valence-corrected chi connectivity index (χ4v) is 4.08. The van der Waals surface area contributed by atoms with Gasteiger partial charge < -0.3 is 10.2 Å². The van der Waals surface area contributed by atoms with Crippen molar-refractivity contribution in [2.24, 2.45) is 0 Å². The molecule has 0 aliphatic heterocycles. The first-order chi connectivity index (χ1) is 16.6. The quantitative estimate of drug-likeness (QED) is 0.310. The fraction of sp³-hybridized carbons (Fsp3) is 0.129. The minimum absolute atomic E-state index is 0.137. The zero-order valence-corrected chi connectivity index (χ0v) is 19.7. The number of carbonyl (C=O) groups excluding carboxylic acids is 1. The Balaban J connectivity index is 1.73. The van der Waals surface area contributed by atoms with Crippen molar-refractivity contribution in [3.63, 3.8) is 0 Å². The second kappa shape index (κ2) is 11.2. The average Bonchev–Trinajstić information content (AvgIpc) is 2.87. The summed E-state index contributed by atoms with van der Waals surface area (Å²) in [6.45, 7) is 4.60. The Kier molecular flexibility index (Phi) is 7.56. The van der Waals surface area contributed by atoms with Gasteiger partial charge in [0.2, 0.25) is 0 Å². The molecule has 0 saturated carbocycles. The lowest BCUT2D eigenvalue weighted by Crippen LogP contribution is -2.39. The van der Waals surface area contributed by atoms with E-state index in [4.69, 9.17) is 0 Å². The normalized spacial score (nSPS) is 11.3. The van der Waals surface area contributed by atoms with Gasteiger partial charge >= 0.3 is 6.03 Å². The molecule has 0 aromatic heterocycles. The van der Waals surface area contributed by atoms with Crippen molar-refractivity contribution >= 4 is 17.8 Å². The maximum Gasteiger partial charge on any atom is 0.322 e. The van der Waals surface area contributed by atoms with Gasteiger partial charge in [-0.1, -0.05) is 120 Å². The highest BCUT2D eigenvalue weighted by molar-refractivity contribution is 5.90. The molecular formula is C31H30N2O. The topological polar surface area (TPSA) is 32.3 Å². The number of rotatable bonds is 7. The minimum atomic E-state index is -0.230. The third kappa shape index (κ3) is 6.02. The van der Waals surface area contributed by atoms with E-state index in [-0.39, 0.29) is 12.1 Å². The SMILES string of the molecule is CC(=Cc1ccccc1)CN(C(=O)Nc1ccc(C)cc1)C(c1ccccc1)c1ccccc1. The highest BCUT2D eigenvalue weighted by atomic mass is 16.2. The van der Waals surface area contributed by atoms with Crippen molar-refractivity contribution < 1.29 is 4.79 Å². The molecular weight excluding hydrogens is 416 g/mol. The van der Waals surface area contributed by atoms with Gasteiger partial charge in [-0.15, -0.1) is 0 Å². The summed E-state index contributed by atoms with van der Waals surface area (Å²) in [5, 5.41) is 3.12. The summed E-state index contributed by atoms with van der Waals surface area (Å²) < 4.78 is 0. The van der Waals surface area contributed by atoms with Gasteiger partial charge in [-0.05, 0) is 42.7 Å². The molecule has 3 nitrogen and oxygen atoms in total. The lowest BCUT2D eigenvalue weighted by molar-refractivity contribution is 0.203. The highest BCUT2D eigenvalue weighted by Crippen LogP contribution is 2.30. The van der Waals surface area contributed by atoms with Gasteiger partial charge in [-0.3, -0.25) is 0 Å². The molecule has 4 aromatic rings. The van der Waals surface area contributed by atoms with Gasteiger partial charge in [0, 0.05) is 12.2 Å². The first-order valence-corrected chi connectivity index (χ1v) is 11.6. The van der Waals surface area contributed by atoms with E-state index in [0.29, 0.717) is 6.54 Å². The van der Waals surface area contributed by atoms with Gasteiger partial charge in [0.15, 0.2) is 0 Å². The molecule has 0 fully saturated rings. The number of aryl methyl sites for hydroxylation is 1. The molecule has 0 bridgehead atoms. The molecule has 2 amide bonds. The van der Waals surface area contributed by atoms with Gasteiger partial charge in [0.1, 0.15) is 0 Å². The van der Waals surface area contributed by atoms with E-state index in [1.807, 2.05) is 90.7 Å². The molecule has 3 heteroatoms. The largest absolute Gasteiger partial charge is 0.322 e. The van der Waals surface area contributed by atoms with Crippen LogP contribution in [0.3, 0.4) is 0 Å². The van der Waals surface area contributed by atoms with Crippen LogP contribution in [-0.2, 0) is 0 Å². The molecule has 0 atom stereocenters. The highest BCUT2D eigenvalue weighted by Gasteiger charge is 2.27. The summed E-state index contributed by atoms with van der Waals surface area (Å²) in [6, 6.07) is 38.2. The van der Waals surface area contributed by atoms with E-state index in [2.05, 4.69) is 54.7 Å². The van der Waals surface area contributed by atoms with Crippen LogP contribution in [0.1, 0.15) is 35.2 Å². The Morgan fingerprint density at radius 2 is 1.26 bits per heavy atom. The van der Waals surface area contributed by atoms with Gasteiger partial charge in [-0.2, -0.15) is 0 Å². The van der Waals surface area contributed by atoms with Crippen LogP contribution in [-0.4, -0.2) is 17.5 Å². The van der Waals surface area contributed by atoms with E-state index in [1.165, 1.54) is 0 Å². The van der Waals surface area contributed by atoms with E-state index in [9.17, 15) is 4.79 Å². The summed E-state index contributed by atoms with van der Waals surface area (Å²) in [5.41, 5.74) is 6.30. The minimum Gasteiger partial charge on any atom is -0.309 e. The maximum atomic E-state index is 13.8. The second-order valence-electron chi connectivity index (χ2n) is 8.55. The van der Waals surface area contributed by atoms with Crippen LogP contribution < -0.4 is 5.32 Å². The Morgan fingerprint density at radius 1 is 0.765 bits per heavy atom. The van der Waals surface area contributed by atoms with Crippen LogP contribution in [0.15, 0.2) is 121 Å². The van der Waals surface area contributed by atoms with Gasteiger partial charge in [0.25, 0.3) is 0 Å². The van der Waals surface area contributed by atoms with Crippen molar-refractivity contribution in [3.05, 3.63) is 143 Å². The molecule has 0 aliphatic carbocycles. The number of hydrogen-bond acceptors (Lipinski definition) is 1. The Bertz CT molecular complexity index is 1180. The van der Waals surface area contributed by atoms with Crippen LogP contribution in [0.4, 0.5) is 10.5 Å². The summed E-state index contributed by atoms with van der Waals surface area (Å²) in [6.07, 6.45) is 2.14. The Labute approximate surface area is 202 Å². The lowest BCUT2D eigenvalue weighted by Gasteiger charge is -2.33. The van der Waals surface area contributed by atoms with Crippen LogP contribution in [0, 0.1) is 6.92 Å². The predicted molar refractivity (Wildman–Crippen MR) is 142 cm³/mol. The third-order valence-electron chi connectivity index (χ3n) is 5.74. The van der Waals surface area contributed by atoms with Crippen LogP contribution >= 0.6 is 0 Å². The van der Waals surface area contributed by atoms with Crippen molar-refractivity contribution in [2.45, 2.75) is 19.9 Å². The summed E-state index contributed by atoms with van der Waals surface area (Å²) in [5.74, 6) is 0. The number of nitrogens with zero attached hydrogens (tertiary/aromatic N) is 1. The molecule has 0 radical (unpaired) electrons. The Hall–Kier alpha value is -4.11. The summed E-state index contributed by atoms with van der Waals surface area (Å²) in [7, 11) is 0. The molecule has 0 unspecified atom stereocenters. The number of urea groups is 1. The van der Waals surface area contributed by atoms with Crippen molar-refractivity contribution in [2.75, 3.05) is 11.9 Å². The van der Waals surface area contributed by atoms with E-state index < -0.39 is 0 Å². The first-order valence-electron chi connectivity index (χ1n) is 11.6. The number of hydrogen-bond donors (Lipinski definition) is 1. The van der Waals surface area contributed by atoms with Crippen LogP contribution in [0.5, 0.6) is 0 Å². The van der Waals surface area contributed by atoms with Gasteiger partial charge in [0.05, 0.1) is 6.04 Å². The predicted octanol–water partition coefficient (Wildman–Crippen LogP) is 7.72. The molecule has 1 N–H and O–H groups in total. The van der Waals surface area contributed by atoms with Crippen molar-refractivity contribution in [1.82, 2.24) is 4.90 Å². The van der Waals surface area contributed by atoms with E-state index in [1.54, 1.807) is 0 Å². The number of benzene rings is 4. The second-order valence-corrected chi connectivity index (χ2v) is 8.55. The molecule has 0 aliphatic rings. The first kappa shape index (κ1) is 23.1. The zero-order valence-electron chi connectivity index (χ0n) is 19.7. The molecule has 0 heterocycles. The van der Waals surface area contributed by atoms with Crippen molar-refractivity contribution in [1.29, 1.82) is 0 Å². The smallest absolute Gasteiger partial charge is 0.309 e. The number of amides is 2. The molecule has 0 saturated heterocycles. The van der Waals surface area contributed by atoms with E-state index >= 15 is 0 Å². The van der Waals surface area contributed by atoms with Crippen molar-refractivity contribution in [3.8, 4) is 0 Å². The molecule has 0 spiro atoms. The fourth-order valence-electron chi connectivity index (χ4n) is 4.08. The molecule has 4 rings (SSSR count). The number of nitrogens with one attached hydrogen (secondary N) is 1. The number of carbonyl (C=O) groups is 1.